The van der Waals surface area contributed by atoms with Crippen molar-refractivity contribution in [3.05, 3.63) is 0 Å². The Morgan fingerprint density at radius 1 is 1.46 bits per heavy atom. The molecule has 0 amide bonds. The van der Waals surface area contributed by atoms with E-state index in [1.54, 1.807) is 0 Å². The average Bonchev–Trinajstić information content (AvgIpc) is 2.16. The van der Waals surface area contributed by atoms with E-state index in [0.29, 0.717) is 5.17 Å². The van der Waals surface area contributed by atoms with Gasteiger partial charge in [0.1, 0.15) is 12.7 Å². The molecule has 2 N–H and O–H groups in total. The molecule has 0 heterocycles. The Labute approximate surface area is 84.1 Å². The van der Waals surface area contributed by atoms with Crippen LogP contribution in [0, 0.1) is 0 Å². The minimum absolute atomic E-state index is 0.0475. The van der Waals surface area contributed by atoms with E-state index in [0.717, 1.165) is 13.1 Å². The fraction of sp³-hybridized carbons (Fsp3) is 0.875. The van der Waals surface area contributed by atoms with Gasteiger partial charge in [-0.3, -0.25) is 0 Å². The normalized spacial score (nSPS) is 12.3. The first kappa shape index (κ1) is 12.6. The van der Waals surface area contributed by atoms with Gasteiger partial charge in [-0.1, -0.05) is 0 Å². The van der Waals surface area contributed by atoms with Crippen molar-refractivity contribution in [2.45, 2.75) is 20.0 Å². The fourth-order valence-electron chi connectivity index (χ4n) is 0.793. The second-order valence-corrected chi connectivity index (χ2v) is 2.93. The third kappa shape index (κ3) is 5.02. The van der Waals surface area contributed by atoms with Gasteiger partial charge < -0.3 is 19.8 Å². The Bertz CT molecular complexity index is 150. The molecule has 0 fully saturated rings. The summed E-state index contributed by atoms with van der Waals surface area (Å²) in [5.41, 5.74) is 0. The van der Waals surface area contributed by atoms with E-state index in [2.05, 4.69) is 0 Å². The predicted molar refractivity (Wildman–Crippen MR) is 54.6 cm³/mol. The summed E-state index contributed by atoms with van der Waals surface area (Å²) in [5.74, 6) is 0. The van der Waals surface area contributed by atoms with Crippen molar-refractivity contribution in [2.75, 3.05) is 26.3 Å². The number of ether oxygens (including phenoxy) is 1. The fourth-order valence-corrected chi connectivity index (χ4v) is 1.12. The minimum Gasteiger partial charge on any atom is -0.468 e. The summed E-state index contributed by atoms with van der Waals surface area (Å²) in [7, 11) is 0. The molecular weight excluding hydrogens is 190 g/mol. The van der Waals surface area contributed by atoms with E-state index < -0.39 is 6.10 Å². The van der Waals surface area contributed by atoms with Crippen molar-refractivity contribution in [1.82, 2.24) is 4.90 Å². The lowest BCUT2D eigenvalue weighted by molar-refractivity contribution is 0.0450. The van der Waals surface area contributed by atoms with Crippen LogP contribution in [-0.4, -0.2) is 52.7 Å². The van der Waals surface area contributed by atoms with Crippen molar-refractivity contribution in [3.63, 3.8) is 0 Å². The number of aliphatic hydroxyl groups excluding tert-OH is 2. The number of hydrogen-bond donors (Lipinski definition) is 2. The largest absolute Gasteiger partial charge is 0.468 e. The van der Waals surface area contributed by atoms with Crippen LogP contribution in [0.1, 0.15) is 13.8 Å². The number of aliphatic hydroxyl groups is 2. The summed E-state index contributed by atoms with van der Waals surface area (Å²) in [5, 5.41) is 17.9. The van der Waals surface area contributed by atoms with E-state index in [1.807, 2.05) is 18.7 Å². The Balaban J connectivity index is 3.72. The summed E-state index contributed by atoms with van der Waals surface area (Å²) < 4.78 is 5.09. The molecule has 4 nitrogen and oxygen atoms in total. The van der Waals surface area contributed by atoms with Crippen LogP contribution in [0.4, 0.5) is 0 Å². The Hall–Kier alpha value is -0.390. The zero-order chi connectivity index (χ0) is 10.3. The Kier molecular flexibility index (Phi) is 6.84. The van der Waals surface area contributed by atoms with Gasteiger partial charge in [-0.2, -0.15) is 0 Å². The Morgan fingerprint density at radius 3 is 2.38 bits per heavy atom. The molecule has 0 aromatic carbocycles. The first-order valence-electron chi connectivity index (χ1n) is 4.36. The molecule has 78 valence electrons. The van der Waals surface area contributed by atoms with Gasteiger partial charge in [0.05, 0.1) is 6.61 Å². The van der Waals surface area contributed by atoms with E-state index >= 15 is 0 Å². The summed E-state index contributed by atoms with van der Waals surface area (Å²) in [6.07, 6.45) is -0.853. The number of thiocarbonyl (C=S) groups is 1. The van der Waals surface area contributed by atoms with Crippen molar-refractivity contribution < 1.29 is 14.9 Å². The third-order valence-electron chi connectivity index (χ3n) is 1.63. The Morgan fingerprint density at radius 2 is 2.00 bits per heavy atom. The molecule has 0 saturated heterocycles. The first-order valence-corrected chi connectivity index (χ1v) is 4.77. The SMILES string of the molecule is CCN(CC)C(=S)OC[C@@H](O)CO. The highest BCUT2D eigenvalue weighted by atomic mass is 32.1. The highest BCUT2D eigenvalue weighted by Crippen LogP contribution is 1.95. The van der Waals surface area contributed by atoms with Crippen molar-refractivity contribution in [1.29, 1.82) is 0 Å². The van der Waals surface area contributed by atoms with Crippen LogP contribution in [0.2, 0.25) is 0 Å². The molecule has 0 aliphatic carbocycles. The summed E-state index contributed by atoms with van der Waals surface area (Å²) in [6, 6.07) is 0. The van der Waals surface area contributed by atoms with Crippen LogP contribution >= 0.6 is 12.2 Å². The topological polar surface area (TPSA) is 52.9 Å². The van der Waals surface area contributed by atoms with Crippen LogP contribution in [0.3, 0.4) is 0 Å². The lowest BCUT2D eigenvalue weighted by Gasteiger charge is -2.22. The van der Waals surface area contributed by atoms with E-state index in [-0.39, 0.29) is 13.2 Å². The molecule has 0 unspecified atom stereocenters. The van der Waals surface area contributed by atoms with Crippen LogP contribution in [0.15, 0.2) is 0 Å². The molecule has 0 bridgehead atoms. The quantitative estimate of drug-likeness (QED) is 0.621. The van der Waals surface area contributed by atoms with Gasteiger partial charge in [0.2, 0.25) is 0 Å². The number of rotatable bonds is 5. The summed E-state index contributed by atoms with van der Waals surface area (Å²) >= 11 is 4.95. The third-order valence-corrected chi connectivity index (χ3v) is 2.01. The highest BCUT2D eigenvalue weighted by Gasteiger charge is 2.08. The van der Waals surface area contributed by atoms with Gasteiger partial charge in [0, 0.05) is 13.1 Å². The molecule has 0 aliphatic heterocycles. The monoisotopic (exact) mass is 207 g/mol. The van der Waals surface area contributed by atoms with Gasteiger partial charge >= 0.3 is 0 Å². The number of hydrogen-bond acceptors (Lipinski definition) is 4. The van der Waals surface area contributed by atoms with E-state index in [9.17, 15) is 0 Å². The second-order valence-electron chi connectivity index (χ2n) is 2.59. The molecule has 5 heteroatoms. The molecule has 0 aliphatic rings. The maximum absolute atomic E-state index is 8.98. The van der Waals surface area contributed by atoms with Gasteiger partial charge in [-0.15, -0.1) is 0 Å². The lowest BCUT2D eigenvalue weighted by Crippen LogP contribution is -2.33. The summed E-state index contributed by atoms with van der Waals surface area (Å²) in [6.45, 7) is 5.26. The molecular formula is C8H17NO3S. The molecule has 0 saturated carbocycles. The number of nitrogens with zero attached hydrogens (tertiary/aromatic N) is 1. The van der Waals surface area contributed by atoms with E-state index in [1.165, 1.54) is 0 Å². The molecule has 0 spiro atoms. The van der Waals surface area contributed by atoms with Gasteiger partial charge in [0.15, 0.2) is 0 Å². The average molecular weight is 207 g/mol. The predicted octanol–water partition coefficient (Wildman–Crippen LogP) is -0.0171. The zero-order valence-electron chi connectivity index (χ0n) is 8.06. The first-order chi connectivity index (χ1) is 6.15. The molecule has 0 aromatic rings. The van der Waals surface area contributed by atoms with E-state index in [4.69, 9.17) is 27.2 Å². The van der Waals surface area contributed by atoms with Gasteiger partial charge in [-0.25, -0.2) is 0 Å². The van der Waals surface area contributed by atoms with Crippen molar-refractivity contribution >= 4 is 17.4 Å². The van der Waals surface area contributed by atoms with Crippen LogP contribution < -0.4 is 0 Å². The highest BCUT2D eigenvalue weighted by molar-refractivity contribution is 7.80. The minimum atomic E-state index is -0.853. The standard InChI is InChI=1S/C8H17NO3S/c1-3-9(4-2)8(13)12-6-7(11)5-10/h7,10-11H,3-6H2,1-2H3/t7-/m0/s1. The maximum atomic E-state index is 8.98. The zero-order valence-corrected chi connectivity index (χ0v) is 8.88. The molecule has 1 atom stereocenters. The van der Waals surface area contributed by atoms with Crippen molar-refractivity contribution in [3.8, 4) is 0 Å². The molecule has 13 heavy (non-hydrogen) atoms. The lowest BCUT2D eigenvalue weighted by atomic mass is 10.4. The molecule has 0 rings (SSSR count). The van der Waals surface area contributed by atoms with Gasteiger partial charge in [0.25, 0.3) is 5.17 Å². The van der Waals surface area contributed by atoms with Crippen LogP contribution in [-0.2, 0) is 4.74 Å². The summed E-state index contributed by atoms with van der Waals surface area (Å²) in [4.78, 5) is 1.86. The maximum Gasteiger partial charge on any atom is 0.259 e. The molecule has 0 radical (unpaired) electrons. The van der Waals surface area contributed by atoms with Crippen molar-refractivity contribution in [2.24, 2.45) is 0 Å². The molecule has 0 aromatic heterocycles. The van der Waals surface area contributed by atoms with Crippen LogP contribution in [0.25, 0.3) is 0 Å². The smallest absolute Gasteiger partial charge is 0.259 e. The van der Waals surface area contributed by atoms with Gasteiger partial charge in [-0.05, 0) is 26.1 Å². The second kappa shape index (κ2) is 7.06. The van der Waals surface area contributed by atoms with Crippen LogP contribution in [0.5, 0.6) is 0 Å².